The van der Waals surface area contributed by atoms with Crippen molar-refractivity contribution in [2.24, 2.45) is 5.10 Å². The Balaban J connectivity index is 1.39. The molecule has 0 radical (unpaired) electrons. The first-order valence-corrected chi connectivity index (χ1v) is 14.8. The molecule has 43 heavy (non-hydrogen) atoms. The second kappa shape index (κ2) is 13.2. The summed E-state index contributed by atoms with van der Waals surface area (Å²) in [7, 11) is 0. The van der Waals surface area contributed by atoms with Gasteiger partial charge < -0.3 is 4.74 Å². The Morgan fingerprint density at radius 1 is 0.721 bits per heavy atom. The Kier molecular flexibility index (Phi) is 8.55. The Morgan fingerprint density at radius 3 is 2.05 bits per heavy atom. The highest BCUT2D eigenvalue weighted by molar-refractivity contribution is 6.37. The molecular weight excluding hydrogens is 532 g/mol. The predicted octanol–water partition coefficient (Wildman–Crippen LogP) is 8.33. The quantitative estimate of drug-likeness (QED) is 0.119. The molecule has 0 fully saturated rings. The standard InChI is InChI=1S/C37H34N4O2/c1-2-3-4-14-25-43-33-23-21-29(22-24-33)35-30(27-40(38-35)31-17-10-6-11-18-31)26-34-36(28-15-8-5-9-16-28)39-41(37(34)42)32-19-12-7-13-20-32/h5-13,15-24,26-27H,2-4,14,25H2,1H3. The molecule has 0 bridgehead atoms. The first kappa shape index (κ1) is 27.9. The zero-order valence-electron chi connectivity index (χ0n) is 24.3. The Labute approximate surface area is 252 Å². The van der Waals surface area contributed by atoms with Gasteiger partial charge in [0.2, 0.25) is 0 Å². The van der Waals surface area contributed by atoms with Crippen molar-refractivity contribution in [3.8, 4) is 22.7 Å². The number of nitrogens with zero attached hydrogens (tertiary/aromatic N) is 4. The van der Waals surface area contributed by atoms with E-state index in [9.17, 15) is 4.79 Å². The number of hydrazone groups is 1. The first-order valence-electron chi connectivity index (χ1n) is 14.8. The van der Waals surface area contributed by atoms with E-state index in [4.69, 9.17) is 14.9 Å². The first-order chi connectivity index (χ1) is 21.2. The molecule has 0 spiro atoms. The fourth-order valence-electron chi connectivity index (χ4n) is 5.11. The third-order valence-corrected chi connectivity index (χ3v) is 7.38. The van der Waals surface area contributed by atoms with Gasteiger partial charge in [0.05, 0.1) is 29.2 Å². The summed E-state index contributed by atoms with van der Waals surface area (Å²) in [5.41, 5.74) is 6.18. The highest BCUT2D eigenvalue weighted by Crippen LogP contribution is 2.32. The average Bonchev–Trinajstić information content (AvgIpc) is 3.64. The Hall–Kier alpha value is -5.23. The minimum atomic E-state index is -0.185. The monoisotopic (exact) mass is 566 g/mol. The zero-order valence-corrected chi connectivity index (χ0v) is 24.3. The molecule has 214 valence electrons. The van der Waals surface area contributed by atoms with E-state index in [2.05, 4.69) is 6.92 Å². The smallest absolute Gasteiger partial charge is 0.281 e. The number of hydrogen-bond acceptors (Lipinski definition) is 4. The number of unbranched alkanes of at least 4 members (excludes halogenated alkanes) is 3. The lowest BCUT2D eigenvalue weighted by Gasteiger charge is -2.10. The SMILES string of the molecule is CCCCCCOc1ccc(-c2nn(-c3ccccc3)cc2C=C2C(=O)N(c3ccccc3)N=C2c2ccccc2)cc1. The number of rotatable bonds is 11. The summed E-state index contributed by atoms with van der Waals surface area (Å²) in [6, 6.07) is 37.3. The van der Waals surface area contributed by atoms with Crippen LogP contribution in [0.4, 0.5) is 5.69 Å². The molecule has 6 rings (SSSR count). The number of para-hydroxylation sites is 2. The molecular formula is C37H34N4O2. The molecule has 1 aliphatic rings. The molecule has 6 nitrogen and oxygen atoms in total. The average molecular weight is 567 g/mol. The minimum Gasteiger partial charge on any atom is -0.494 e. The van der Waals surface area contributed by atoms with Gasteiger partial charge in [-0.2, -0.15) is 15.2 Å². The van der Waals surface area contributed by atoms with E-state index >= 15 is 0 Å². The molecule has 5 aromatic rings. The number of benzene rings is 4. The van der Waals surface area contributed by atoms with Crippen LogP contribution in [0.1, 0.15) is 43.7 Å². The number of anilines is 1. The van der Waals surface area contributed by atoms with Crippen LogP contribution in [-0.4, -0.2) is 28.0 Å². The molecule has 1 aliphatic heterocycles. The van der Waals surface area contributed by atoms with E-state index in [1.54, 1.807) is 0 Å². The summed E-state index contributed by atoms with van der Waals surface area (Å²) in [4.78, 5) is 13.9. The van der Waals surface area contributed by atoms with Gasteiger partial charge in [0.25, 0.3) is 5.91 Å². The zero-order chi connectivity index (χ0) is 29.4. The van der Waals surface area contributed by atoms with Crippen molar-refractivity contribution < 1.29 is 9.53 Å². The van der Waals surface area contributed by atoms with Gasteiger partial charge in [0.1, 0.15) is 11.5 Å². The largest absolute Gasteiger partial charge is 0.494 e. The second-order valence-corrected chi connectivity index (χ2v) is 10.5. The molecule has 0 unspecified atom stereocenters. The van der Waals surface area contributed by atoms with Crippen molar-refractivity contribution in [1.82, 2.24) is 9.78 Å². The summed E-state index contributed by atoms with van der Waals surface area (Å²) < 4.78 is 7.84. The van der Waals surface area contributed by atoms with E-state index in [-0.39, 0.29) is 5.91 Å². The number of amides is 1. The van der Waals surface area contributed by atoms with E-state index in [1.807, 2.05) is 132 Å². The van der Waals surface area contributed by atoms with Gasteiger partial charge in [0, 0.05) is 22.9 Å². The summed E-state index contributed by atoms with van der Waals surface area (Å²) in [5.74, 6) is 0.654. The van der Waals surface area contributed by atoms with Crippen LogP contribution in [0.25, 0.3) is 23.0 Å². The van der Waals surface area contributed by atoms with Crippen molar-refractivity contribution in [2.75, 3.05) is 11.6 Å². The van der Waals surface area contributed by atoms with Crippen LogP contribution < -0.4 is 9.75 Å². The van der Waals surface area contributed by atoms with Crippen LogP contribution in [0.3, 0.4) is 0 Å². The van der Waals surface area contributed by atoms with Gasteiger partial charge in [-0.3, -0.25) is 4.79 Å². The van der Waals surface area contributed by atoms with E-state index < -0.39 is 0 Å². The van der Waals surface area contributed by atoms with Gasteiger partial charge in [0.15, 0.2) is 0 Å². The molecule has 0 N–H and O–H groups in total. The molecule has 1 amide bonds. The normalized spacial score (nSPS) is 13.9. The number of aromatic nitrogens is 2. The lowest BCUT2D eigenvalue weighted by atomic mass is 9.99. The summed E-state index contributed by atoms with van der Waals surface area (Å²) in [5, 5.41) is 11.3. The van der Waals surface area contributed by atoms with Gasteiger partial charge in [-0.05, 0) is 61.0 Å². The van der Waals surface area contributed by atoms with Crippen molar-refractivity contribution in [1.29, 1.82) is 0 Å². The van der Waals surface area contributed by atoms with Crippen LogP contribution in [-0.2, 0) is 4.79 Å². The molecule has 1 aromatic heterocycles. The number of carbonyl (C=O) groups is 1. The number of ether oxygens (including phenoxy) is 1. The highest BCUT2D eigenvalue weighted by Gasteiger charge is 2.32. The maximum atomic E-state index is 13.9. The van der Waals surface area contributed by atoms with Gasteiger partial charge in [-0.1, -0.05) is 92.9 Å². The molecule has 0 saturated heterocycles. The Morgan fingerprint density at radius 2 is 1.37 bits per heavy atom. The Bertz CT molecular complexity index is 1720. The van der Waals surface area contributed by atoms with Crippen LogP contribution in [0.15, 0.2) is 132 Å². The lowest BCUT2D eigenvalue weighted by molar-refractivity contribution is -0.114. The predicted molar refractivity (Wildman–Crippen MR) is 174 cm³/mol. The molecule has 2 heterocycles. The molecule has 0 saturated carbocycles. The van der Waals surface area contributed by atoms with Crippen molar-refractivity contribution in [2.45, 2.75) is 32.6 Å². The molecule has 0 atom stereocenters. The second-order valence-electron chi connectivity index (χ2n) is 10.5. The van der Waals surface area contributed by atoms with Gasteiger partial charge >= 0.3 is 0 Å². The van der Waals surface area contributed by atoms with Gasteiger partial charge in [-0.25, -0.2) is 4.68 Å². The van der Waals surface area contributed by atoms with Crippen molar-refractivity contribution >= 4 is 23.4 Å². The van der Waals surface area contributed by atoms with Crippen LogP contribution in [0.2, 0.25) is 0 Å². The van der Waals surface area contributed by atoms with Crippen LogP contribution in [0, 0.1) is 0 Å². The van der Waals surface area contributed by atoms with E-state index in [1.165, 1.54) is 24.3 Å². The summed E-state index contributed by atoms with van der Waals surface area (Å²) >= 11 is 0. The fraction of sp³-hybridized carbons (Fsp3) is 0.162. The molecule has 4 aromatic carbocycles. The van der Waals surface area contributed by atoms with E-state index in [0.717, 1.165) is 45.9 Å². The highest BCUT2D eigenvalue weighted by atomic mass is 16.5. The number of hydrogen-bond donors (Lipinski definition) is 0. The molecule has 0 aliphatic carbocycles. The lowest BCUT2D eigenvalue weighted by Crippen LogP contribution is -2.21. The molecule has 6 heteroatoms. The van der Waals surface area contributed by atoms with Crippen molar-refractivity contribution in [3.63, 3.8) is 0 Å². The van der Waals surface area contributed by atoms with Crippen LogP contribution >= 0.6 is 0 Å². The van der Waals surface area contributed by atoms with Crippen LogP contribution in [0.5, 0.6) is 5.75 Å². The third kappa shape index (κ3) is 6.33. The summed E-state index contributed by atoms with van der Waals surface area (Å²) in [6.45, 7) is 2.92. The fourth-order valence-corrected chi connectivity index (χ4v) is 5.11. The maximum absolute atomic E-state index is 13.9. The van der Waals surface area contributed by atoms with E-state index in [0.29, 0.717) is 17.9 Å². The topological polar surface area (TPSA) is 59.7 Å². The number of carbonyl (C=O) groups excluding carboxylic acids is 1. The maximum Gasteiger partial charge on any atom is 0.281 e. The van der Waals surface area contributed by atoms with Crippen molar-refractivity contribution in [3.05, 3.63) is 138 Å². The summed E-state index contributed by atoms with van der Waals surface area (Å²) in [6.07, 6.45) is 8.55. The minimum absolute atomic E-state index is 0.185. The van der Waals surface area contributed by atoms with Gasteiger partial charge in [-0.15, -0.1) is 0 Å². The third-order valence-electron chi connectivity index (χ3n) is 7.38.